The Morgan fingerprint density at radius 3 is 2.67 bits per heavy atom. The number of fused-ring (bicyclic) bond motifs is 2. The highest BCUT2D eigenvalue weighted by atomic mass is 15.2. The van der Waals surface area contributed by atoms with Crippen LogP contribution in [0.25, 0.3) is 22.2 Å². The molecule has 2 N–H and O–H groups in total. The first-order valence-electron chi connectivity index (χ1n) is 6.64. The minimum absolute atomic E-state index is 0.409. The summed E-state index contributed by atoms with van der Waals surface area (Å²) in [5, 5.41) is 0. The average Bonchev–Trinajstić information content (AvgIpc) is 3.10. The Morgan fingerprint density at radius 1 is 0.905 bits per heavy atom. The number of para-hydroxylation sites is 2. The molecule has 0 aliphatic heterocycles. The molecule has 1 aromatic carbocycles. The van der Waals surface area contributed by atoms with Crippen LogP contribution in [-0.4, -0.2) is 29.1 Å². The van der Waals surface area contributed by atoms with Gasteiger partial charge in [0.1, 0.15) is 11.8 Å². The highest BCUT2D eigenvalue weighted by molar-refractivity contribution is 5.81. The number of nitrogens with zero attached hydrogens (tertiary/aromatic N) is 6. The van der Waals surface area contributed by atoms with E-state index in [-0.39, 0.29) is 0 Å². The van der Waals surface area contributed by atoms with Crippen LogP contribution < -0.4 is 5.73 Å². The van der Waals surface area contributed by atoms with Gasteiger partial charge < -0.3 is 14.9 Å². The monoisotopic (exact) mass is 279 g/mol. The Hall–Kier alpha value is -2.96. The molecule has 3 aromatic heterocycles. The quantitative estimate of drug-likeness (QED) is 0.613. The van der Waals surface area contributed by atoms with Gasteiger partial charge in [-0.3, -0.25) is 0 Å². The lowest BCUT2D eigenvalue weighted by Gasteiger charge is -2.06. The van der Waals surface area contributed by atoms with E-state index in [0.29, 0.717) is 11.3 Å². The van der Waals surface area contributed by atoms with Crippen LogP contribution in [-0.2, 0) is 13.1 Å². The van der Waals surface area contributed by atoms with Crippen molar-refractivity contribution < 1.29 is 0 Å². The van der Waals surface area contributed by atoms with E-state index in [1.54, 1.807) is 6.33 Å². The molecule has 0 saturated carbocycles. The smallest absolute Gasteiger partial charge is 0.165 e. The van der Waals surface area contributed by atoms with E-state index in [4.69, 9.17) is 5.73 Å². The second kappa shape index (κ2) is 4.55. The summed E-state index contributed by atoms with van der Waals surface area (Å²) in [6.45, 7) is 1.53. The maximum Gasteiger partial charge on any atom is 0.165 e. The van der Waals surface area contributed by atoms with Crippen molar-refractivity contribution in [1.82, 2.24) is 29.1 Å². The van der Waals surface area contributed by atoms with Gasteiger partial charge in [-0.15, -0.1) is 0 Å². The van der Waals surface area contributed by atoms with E-state index in [9.17, 15) is 0 Å². The first kappa shape index (κ1) is 11.8. The van der Waals surface area contributed by atoms with Gasteiger partial charge in [0.15, 0.2) is 11.5 Å². The maximum absolute atomic E-state index is 5.79. The van der Waals surface area contributed by atoms with Crippen molar-refractivity contribution in [3.63, 3.8) is 0 Å². The van der Waals surface area contributed by atoms with Crippen molar-refractivity contribution in [1.29, 1.82) is 0 Å². The lowest BCUT2D eigenvalue weighted by atomic mass is 10.3. The Balaban J connectivity index is 1.65. The van der Waals surface area contributed by atoms with Crippen LogP contribution in [0.15, 0.2) is 43.2 Å². The average molecular weight is 279 g/mol. The Labute approximate surface area is 120 Å². The van der Waals surface area contributed by atoms with Crippen LogP contribution in [0.5, 0.6) is 0 Å². The summed E-state index contributed by atoms with van der Waals surface area (Å²) in [5.74, 6) is 0.409. The molecule has 21 heavy (non-hydrogen) atoms. The molecule has 0 fully saturated rings. The van der Waals surface area contributed by atoms with E-state index < -0.39 is 0 Å². The lowest BCUT2D eigenvalue weighted by molar-refractivity contribution is 0.597. The number of nitrogens with two attached hydrogens (primary N) is 1. The van der Waals surface area contributed by atoms with Crippen molar-refractivity contribution in [3.05, 3.63) is 43.2 Å². The van der Waals surface area contributed by atoms with Crippen LogP contribution in [0.1, 0.15) is 0 Å². The topological polar surface area (TPSA) is 87.4 Å². The molecule has 104 valence electrons. The zero-order valence-electron chi connectivity index (χ0n) is 11.2. The van der Waals surface area contributed by atoms with Crippen LogP contribution in [0.2, 0.25) is 0 Å². The second-order valence-electron chi connectivity index (χ2n) is 4.80. The number of aryl methyl sites for hydroxylation is 2. The van der Waals surface area contributed by atoms with Gasteiger partial charge in [0.2, 0.25) is 0 Å². The molecule has 7 nitrogen and oxygen atoms in total. The molecule has 4 aromatic rings. The Morgan fingerprint density at radius 2 is 1.71 bits per heavy atom. The number of benzene rings is 1. The van der Waals surface area contributed by atoms with Gasteiger partial charge in [0, 0.05) is 13.1 Å². The molecule has 7 heteroatoms. The number of rotatable bonds is 3. The Kier molecular flexibility index (Phi) is 2.56. The third kappa shape index (κ3) is 1.90. The van der Waals surface area contributed by atoms with Crippen molar-refractivity contribution in [2.75, 3.05) is 5.73 Å². The standard InChI is InChI=1S/C14H13N7/c15-13-12-14(17-7-16-13)21(9-19-12)6-5-20-8-18-10-3-1-2-4-11(10)20/h1-4,7-9H,5-6H2,(H2,15,16,17). The summed E-state index contributed by atoms with van der Waals surface area (Å²) < 4.78 is 4.09. The van der Waals surface area contributed by atoms with Gasteiger partial charge in [-0.2, -0.15) is 0 Å². The summed E-state index contributed by atoms with van der Waals surface area (Å²) in [4.78, 5) is 16.9. The number of anilines is 1. The predicted octanol–water partition coefficient (Wildman–Crippen LogP) is 1.46. The number of aromatic nitrogens is 6. The number of hydrogen-bond acceptors (Lipinski definition) is 5. The van der Waals surface area contributed by atoms with E-state index in [2.05, 4.69) is 30.6 Å². The van der Waals surface area contributed by atoms with Gasteiger partial charge >= 0.3 is 0 Å². The zero-order chi connectivity index (χ0) is 14.2. The lowest BCUT2D eigenvalue weighted by Crippen LogP contribution is -2.06. The highest BCUT2D eigenvalue weighted by Gasteiger charge is 2.08. The Bertz CT molecular complexity index is 921. The van der Waals surface area contributed by atoms with Crippen molar-refractivity contribution in [2.24, 2.45) is 0 Å². The van der Waals surface area contributed by atoms with Crippen molar-refractivity contribution >= 4 is 28.0 Å². The first-order chi connectivity index (χ1) is 10.3. The molecule has 0 amide bonds. The molecule has 4 rings (SSSR count). The van der Waals surface area contributed by atoms with Crippen molar-refractivity contribution in [2.45, 2.75) is 13.1 Å². The molecule has 0 radical (unpaired) electrons. The molecule has 0 unspecified atom stereocenters. The molecular formula is C14H13N7. The molecule has 0 aliphatic rings. The summed E-state index contributed by atoms with van der Waals surface area (Å²) >= 11 is 0. The summed E-state index contributed by atoms with van der Waals surface area (Å²) in [6, 6.07) is 8.07. The third-order valence-corrected chi connectivity index (χ3v) is 3.54. The molecule has 0 atom stereocenters. The summed E-state index contributed by atoms with van der Waals surface area (Å²) in [7, 11) is 0. The number of imidazole rings is 2. The van der Waals surface area contributed by atoms with Crippen molar-refractivity contribution in [3.8, 4) is 0 Å². The normalized spacial score (nSPS) is 11.4. The third-order valence-electron chi connectivity index (χ3n) is 3.54. The molecule has 0 saturated heterocycles. The van der Waals surface area contributed by atoms with Gasteiger partial charge in [-0.05, 0) is 12.1 Å². The zero-order valence-corrected chi connectivity index (χ0v) is 11.2. The largest absolute Gasteiger partial charge is 0.382 e. The van der Waals surface area contributed by atoms with E-state index in [1.807, 2.05) is 29.1 Å². The molecular weight excluding hydrogens is 266 g/mol. The number of hydrogen-bond donors (Lipinski definition) is 1. The van der Waals surface area contributed by atoms with Gasteiger partial charge in [0.25, 0.3) is 0 Å². The molecule has 0 bridgehead atoms. The predicted molar refractivity (Wildman–Crippen MR) is 79.5 cm³/mol. The summed E-state index contributed by atoms with van der Waals surface area (Å²) in [5.41, 5.74) is 9.32. The summed E-state index contributed by atoms with van der Waals surface area (Å²) in [6.07, 6.45) is 5.06. The molecule has 0 spiro atoms. The van der Waals surface area contributed by atoms with E-state index >= 15 is 0 Å². The van der Waals surface area contributed by atoms with Gasteiger partial charge in [-0.25, -0.2) is 19.9 Å². The fourth-order valence-corrected chi connectivity index (χ4v) is 2.47. The fourth-order valence-electron chi connectivity index (χ4n) is 2.47. The van der Waals surface area contributed by atoms with Gasteiger partial charge in [-0.1, -0.05) is 12.1 Å². The van der Waals surface area contributed by atoms with Crippen LogP contribution in [0.4, 0.5) is 5.82 Å². The number of nitrogen functional groups attached to an aromatic ring is 1. The fraction of sp³-hybridized carbons (Fsp3) is 0.143. The van der Waals surface area contributed by atoms with Crippen LogP contribution >= 0.6 is 0 Å². The van der Waals surface area contributed by atoms with E-state index in [0.717, 1.165) is 29.8 Å². The SMILES string of the molecule is Nc1ncnc2c1ncn2CCn1cnc2ccccc21. The minimum Gasteiger partial charge on any atom is -0.382 e. The van der Waals surface area contributed by atoms with E-state index in [1.165, 1.54) is 6.33 Å². The van der Waals surface area contributed by atoms with Crippen LogP contribution in [0.3, 0.4) is 0 Å². The first-order valence-corrected chi connectivity index (χ1v) is 6.64. The van der Waals surface area contributed by atoms with Gasteiger partial charge in [0.05, 0.1) is 23.7 Å². The maximum atomic E-state index is 5.79. The molecule has 0 aliphatic carbocycles. The minimum atomic E-state index is 0.409. The second-order valence-corrected chi connectivity index (χ2v) is 4.80. The molecule has 3 heterocycles. The highest BCUT2D eigenvalue weighted by Crippen LogP contribution is 2.15. The van der Waals surface area contributed by atoms with Crippen LogP contribution in [0, 0.1) is 0 Å².